The second-order valence-electron chi connectivity index (χ2n) is 3.79. The summed E-state index contributed by atoms with van der Waals surface area (Å²) in [5.74, 6) is 3.08. The van der Waals surface area contributed by atoms with Gasteiger partial charge >= 0.3 is 11.4 Å². The van der Waals surface area contributed by atoms with E-state index in [0.29, 0.717) is 23.6 Å². The lowest BCUT2D eigenvalue weighted by atomic mass is 10.2. The van der Waals surface area contributed by atoms with Gasteiger partial charge in [-0.1, -0.05) is 0 Å². The first-order valence-electron chi connectivity index (χ1n) is 5.52. The van der Waals surface area contributed by atoms with Gasteiger partial charge in [0.25, 0.3) is 0 Å². The maximum absolute atomic E-state index is 10.5. The van der Waals surface area contributed by atoms with Crippen molar-refractivity contribution in [3.63, 3.8) is 0 Å². The normalized spacial score (nSPS) is 9.20. The summed E-state index contributed by atoms with van der Waals surface area (Å²) in [4.78, 5) is 32.6. The number of hydrogen-bond donors (Lipinski definition) is 4. The van der Waals surface area contributed by atoms with Crippen LogP contribution in [0, 0.1) is 19.3 Å². The molecule has 0 saturated heterocycles. The first kappa shape index (κ1) is 15.0. The summed E-state index contributed by atoms with van der Waals surface area (Å²) in [5.41, 5.74) is 11.3. The van der Waals surface area contributed by atoms with Gasteiger partial charge < -0.3 is 11.5 Å². The van der Waals surface area contributed by atoms with E-state index >= 15 is 0 Å². The van der Waals surface area contributed by atoms with Crippen LogP contribution in [0.3, 0.4) is 0 Å². The Morgan fingerprint density at radius 1 is 1.15 bits per heavy atom. The summed E-state index contributed by atoms with van der Waals surface area (Å²) < 4.78 is 0. The molecule has 2 heterocycles. The van der Waals surface area contributed by atoms with Gasteiger partial charge in [0.15, 0.2) is 0 Å². The van der Waals surface area contributed by atoms with E-state index in [0.717, 1.165) is 5.56 Å². The maximum atomic E-state index is 10.5. The molecule has 2 aromatic rings. The Morgan fingerprint density at radius 2 is 1.70 bits per heavy atom. The highest BCUT2D eigenvalue weighted by atomic mass is 16.1. The van der Waals surface area contributed by atoms with Crippen LogP contribution in [0.1, 0.15) is 11.1 Å². The Kier molecular flexibility index (Phi) is 5.05. The fourth-order valence-corrected chi connectivity index (χ4v) is 1.16. The van der Waals surface area contributed by atoms with Crippen molar-refractivity contribution in [3.8, 4) is 12.3 Å². The number of nitrogens with zero attached hydrogens (tertiary/aromatic N) is 2. The fraction of sp³-hybridized carbons (Fsp3) is 0.167. The Bertz CT molecular complexity index is 741. The minimum atomic E-state index is -0.455. The first-order chi connectivity index (χ1) is 9.43. The number of aromatic nitrogens is 4. The number of aromatic amines is 2. The Morgan fingerprint density at radius 3 is 2.15 bits per heavy atom. The number of anilines is 2. The molecule has 0 bridgehead atoms. The molecule has 0 radical (unpaired) electrons. The van der Waals surface area contributed by atoms with Gasteiger partial charge in [0.05, 0.1) is 0 Å². The summed E-state index contributed by atoms with van der Waals surface area (Å²) >= 11 is 0. The third kappa shape index (κ3) is 4.30. The molecular formula is C12H14N6O2. The predicted molar refractivity (Wildman–Crippen MR) is 75.8 cm³/mol. The van der Waals surface area contributed by atoms with Crippen LogP contribution in [-0.4, -0.2) is 19.9 Å². The number of nitrogens with two attached hydrogens (primary N) is 2. The molecule has 2 rings (SSSR count). The largest absolute Gasteiger partial charge is 0.385 e. The Labute approximate surface area is 114 Å². The highest BCUT2D eigenvalue weighted by Gasteiger charge is 1.97. The smallest absolute Gasteiger partial charge is 0.346 e. The van der Waals surface area contributed by atoms with E-state index in [2.05, 4.69) is 25.9 Å². The summed E-state index contributed by atoms with van der Waals surface area (Å²) in [6.07, 6.45) is 8.25. The third-order valence-electron chi connectivity index (χ3n) is 2.26. The lowest BCUT2D eigenvalue weighted by Gasteiger charge is -1.97. The van der Waals surface area contributed by atoms with Crippen molar-refractivity contribution < 1.29 is 0 Å². The molecule has 0 aromatic carbocycles. The summed E-state index contributed by atoms with van der Waals surface area (Å²) in [6.45, 7) is 1.78. The average molecular weight is 274 g/mol. The number of H-pyrrole nitrogens is 2. The van der Waals surface area contributed by atoms with Crippen LogP contribution < -0.4 is 22.8 Å². The molecule has 0 unspecified atom stereocenters. The molecule has 6 N–H and O–H groups in total. The van der Waals surface area contributed by atoms with Crippen LogP contribution in [0.4, 0.5) is 11.6 Å². The van der Waals surface area contributed by atoms with E-state index < -0.39 is 11.4 Å². The minimum absolute atomic E-state index is 0.294. The first-order valence-corrected chi connectivity index (χ1v) is 5.52. The van der Waals surface area contributed by atoms with Crippen molar-refractivity contribution >= 4 is 11.6 Å². The van der Waals surface area contributed by atoms with Crippen molar-refractivity contribution in [2.75, 3.05) is 11.5 Å². The Balaban J connectivity index is 0.000000204. The van der Waals surface area contributed by atoms with E-state index in [1.54, 1.807) is 6.92 Å². The number of nitrogen functional groups attached to an aromatic ring is 2. The van der Waals surface area contributed by atoms with Crippen LogP contribution in [0.15, 0.2) is 22.0 Å². The van der Waals surface area contributed by atoms with E-state index in [1.165, 1.54) is 12.4 Å². The average Bonchev–Trinajstić information content (AvgIpc) is 2.39. The summed E-state index contributed by atoms with van der Waals surface area (Å²) in [7, 11) is 0. The van der Waals surface area contributed by atoms with Gasteiger partial charge in [0.2, 0.25) is 0 Å². The van der Waals surface area contributed by atoms with E-state index in [4.69, 9.17) is 17.9 Å². The number of rotatable bonds is 1. The molecule has 0 aliphatic carbocycles. The predicted octanol–water partition coefficient (Wildman–Crippen LogP) is -0.812. The van der Waals surface area contributed by atoms with Gasteiger partial charge in [-0.05, 0) is 6.92 Å². The molecular weight excluding hydrogens is 260 g/mol. The molecule has 0 saturated carbocycles. The molecule has 0 spiro atoms. The van der Waals surface area contributed by atoms with E-state index in [-0.39, 0.29) is 0 Å². The molecule has 0 amide bonds. The highest BCUT2D eigenvalue weighted by Crippen LogP contribution is 2.02. The topological polar surface area (TPSA) is 144 Å². The lowest BCUT2D eigenvalue weighted by Crippen LogP contribution is -2.13. The summed E-state index contributed by atoms with van der Waals surface area (Å²) in [6, 6.07) is 0. The monoisotopic (exact) mass is 274 g/mol. The van der Waals surface area contributed by atoms with Crippen LogP contribution >= 0.6 is 0 Å². The zero-order chi connectivity index (χ0) is 15.1. The molecule has 104 valence electrons. The minimum Gasteiger partial charge on any atom is -0.385 e. The van der Waals surface area contributed by atoms with Gasteiger partial charge in [0, 0.05) is 29.9 Å². The fourth-order valence-electron chi connectivity index (χ4n) is 1.16. The van der Waals surface area contributed by atoms with Crippen LogP contribution in [-0.2, 0) is 6.42 Å². The molecule has 0 aliphatic rings. The molecule has 0 aliphatic heterocycles. The molecule has 0 atom stereocenters. The SMILES string of the molecule is C#CCc1cnc(=O)[nH]c1N.Cc1cnc(=O)[nH]c1N. The number of nitrogens with one attached hydrogen (secondary N) is 2. The maximum Gasteiger partial charge on any atom is 0.346 e. The van der Waals surface area contributed by atoms with Gasteiger partial charge in [-0.3, -0.25) is 9.97 Å². The second kappa shape index (κ2) is 6.75. The van der Waals surface area contributed by atoms with Crippen molar-refractivity contribution in [1.82, 2.24) is 19.9 Å². The second-order valence-corrected chi connectivity index (χ2v) is 3.79. The number of aryl methyl sites for hydroxylation is 1. The van der Waals surface area contributed by atoms with Crippen molar-refractivity contribution in [2.24, 2.45) is 0 Å². The molecule has 0 fully saturated rings. The van der Waals surface area contributed by atoms with Gasteiger partial charge in [-0.25, -0.2) is 19.6 Å². The van der Waals surface area contributed by atoms with Gasteiger partial charge in [0.1, 0.15) is 11.6 Å². The van der Waals surface area contributed by atoms with E-state index in [1.807, 2.05) is 0 Å². The number of terminal acetylenes is 1. The Hall–Kier alpha value is -3.08. The summed E-state index contributed by atoms with van der Waals surface area (Å²) in [5, 5.41) is 0. The molecule has 8 heteroatoms. The van der Waals surface area contributed by atoms with Crippen LogP contribution in [0.2, 0.25) is 0 Å². The molecule has 20 heavy (non-hydrogen) atoms. The van der Waals surface area contributed by atoms with E-state index in [9.17, 15) is 9.59 Å². The van der Waals surface area contributed by atoms with Crippen molar-refractivity contribution in [2.45, 2.75) is 13.3 Å². The molecule has 2 aromatic heterocycles. The highest BCUT2D eigenvalue weighted by molar-refractivity contribution is 5.38. The third-order valence-corrected chi connectivity index (χ3v) is 2.26. The number of hydrogen-bond acceptors (Lipinski definition) is 6. The standard InChI is InChI=1S/C7H7N3O.C5H7N3O/c1-2-3-5-4-9-7(11)10-6(5)8;1-3-2-7-5(9)8-4(3)6/h1,4H,3H2,(H3,8,9,10,11);2H,1H3,(H3,6,7,8,9). The molecule has 8 nitrogen and oxygen atoms in total. The zero-order valence-corrected chi connectivity index (χ0v) is 10.8. The van der Waals surface area contributed by atoms with Gasteiger partial charge in [-0.15, -0.1) is 12.3 Å². The van der Waals surface area contributed by atoms with Gasteiger partial charge in [-0.2, -0.15) is 0 Å². The zero-order valence-electron chi connectivity index (χ0n) is 10.8. The van der Waals surface area contributed by atoms with Crippen LogP contribution in [0.5, 0.6) is 0 Å². The lowest BCUT2D eigenvalue weighted by molar-refractivity contribution is 1.04. The van der Waals surface area contributed by atoms with Crippen molar-refractivity contribution in [1.29, 1.82) is 0 Å². The van der Waals surface area contributed by atoms with Crippen LogP contribution in [0.25, 0.3) is 0 Å². The van der Waals surface area contributed by atoms with Crippen molar-refractivity contribution in [3.05, 3.63) is 44.5 Å². The quantitative estimate of drug-likeness (QED) is 0.500.